The number of aryl methyl sites for hydroxylation is 1. The third-order valence-corrected chi connectivity index (χ3v) is 5.38. The van der Waals surface area contributed by atoms with Gasteiger partial charge >= 0.3 is 0 Å². The predicted octanol–water partition coefficient (Wildman–Crippen LogP) is 3.81. The van der Waals surface area contributed by atoms with Crippen molar-refractivity contribution in [2.24, 2.45) is 5.92 Å². The summed E-state index contributed by atoms with van der Waals surface area (Å²) in [6, 6.07) is 11.2. The highest BCUT2D eigenvalue weighted by Crippen LogP contribution is 2.25. The van der Waals surface area contributed by atoms with Gasteiger partial charge < -0.3 is 9.47 Å². The van der Waals surface area contributed by atoms with Crippen molar-refractivity contribution in [3.63, 3.8) is 0 Å². The van der Waals surface area contributed by atoms with E-state index in [9.17, 15) is 4.79 Å². The minimum absolute atomic E-state index is 0.0174. The number of benzene rings is 1. The molecular formula is C20H21ClN4O. The van der Waals surface area contributed by atoms with Gasteiger partial charge in [0.05, 0.1) is 10.6 Å². The Kier molecular flexibility index (Phi) is 4.64. The Morgan fingerprint density at radius 3 is 2.92 bits per heavy atom. The molecule has 4 rings (SSSR count). The molecule has 0 radical (unpaired) electrons. The lowest BCUT2D eigenvalue weighted by atomic mass is 10.0. The lowest BCUT2D eigenvalue weighted by Gasteiger charge is -2.17. The normalized spacial score (nSPS) is 17.2. The number of carbonyl (C=O) groups is 1. The van der Waals surface area contributed by atoms with Gasteiger partial charge in [-0.05, 0) is 43.5 Å². The van der Waals surface area contributed by atoms with Crippen LogP contribution in [0.15, 0.2) is 42.6 Å². The van der Waals surface area contributed by atoms with Crippen LogP contribution in [0.3, 0.4) is 0 Å². The second-order valence-corrected chi connectivity index (χ2v) is 7.12. The fourth-order valence-corrected chi connectivity index (χ4v) is 3.96. The second-order valence-electron chi connectivity index (χ2n) is 6.71. The fraction of sp³-hybridized carbons (Fsp3) is 0.350. The maximum Gasteiger partial charge on any atom is 0.255 e. The summed E-state index contributed by atoms with van der Waals surface area (Å²) in [6.07, 6.45) is 3.65. The number of pyridine rings is 1. The highest BCUT2D eigenvalue weighted by atomic mass is 35.5. The summed E-state index contributed by atoms with van der Waals surface area (Å²) < 4.78 is 2.17. The number of rotatable bonds is 4. The van der Waals surface area contributed by atoms with Gasteiger partial charge in [0.1, 0.15) is 11.3 Å². The first-order valence-corrected chi connectivity index (χ1v) is 9.39. The highest BCUT2D eigenvalue weighted by Gasteiger charge is 2.29. The van der Waals surface area contributed by atoms with E-state index in [0.29, 0.717) is 16.5 Å². The van der Waals surface area contributed by atoms with E-state index in [1.165, 1.54) is 0 Å². The third-order valence-electron chi connectivity index (χ3n) is 5.05. The number of halogens is 1. The second kappa shape index (κ2) is 7.08. The molecule has 0 spiro atoms. The quantitative estimate of drug-likeness (QED) is 0.703. The fourth-order valence-electron chi connectivity index (χ4n) is 3.74. The van der Waals surface area contributed by atoms with Crippen molar-refractivity contribution < 1.29 is 4.79 Å². The number of hydrogen-bond acceptors (Lipinski definition) is 3. The molecule has 134 valence electrons. The van der Waals surface area contributed by atoms with E-state index in [0.717, 1.165) is 49.5 Å². The van der Waals surface area contributed by atoms with Gasteiger partial charge in [-0.3, -0.25) is 4.79 Å². The topological polar surface area (TPSA) is 51.0 Å². The molecule has 0 aliphatic carbocycles. The number of hydrogen-bond donors (Lipinski definition) is 0. The number of nitrogens with zero attached hydrogens (tertiary/aromatic N) is 4. The number of amides is 1. The van der Waals surface area contributed by atoms with Crippen molar-refractivity contribution in [3.8, 4) is 0 Å². The third kappa shape index (κ3) is 3.07. The first kappa shape index (κ1) is 17.0. The van der Waals surface area contributed by atoms with Gasteiger partial charge in [0.2, 0.25) is 0 Å². The van der Waals surface area contributed by atoms with Crippen LogP contribution in [0.5, 0.6) is 0 Å². The molecule has 1 saturated heterocycles. The van der Waals surface area contributed by atoms with Crippen molar-refractivity contribution in [1.29, 1.82) is 0 Å². The van der Waals surface area contributed by atoms with Crippen molar-refractivity contribution in [2.45, 2.75) is 26.3 Å². The summed E-state index contributed by atoms with van der Waals surface area (Å²) in [5, 5.41) is 0.514. The smallest absolute Gasteiger partial charge is 0.255 e. The molecule has 26 heavy (non-hydrogen) atoms. The van der Waals surface area contributed by atoms with Gasteiger partial charge in [0.25, 0.3) is 5.91 Å². The number of likely N-dealkylation sites (tertiary alicyclic amines) is 1. The summed E-state index contributed by atoms with van der Waals surface area (Å²) in [6.45, 7) is 4.46. The first-order chi connectivity index (χ1) is 12.7. The molecule has 1 atom stereocenters. The molecule has 2 aromatic heterocycles. The van der Waals surface area contributed by atoms with Gasteiger partial charge in [0.15, 0.2) is 5.65 Å². The Morgan fingerprint density at radius 1 is 1.27 bits per heavy atom. The van der Waals surface area contributed by atoms with Crippen LogP contribution in [0.1, 0.15) is 29.5 Å². The molecule has 0 N–H and O–H groups in total. The van der Waals surface area contributed by atoms with E-state index in [4.69, 9.17) is 16.6 Å². The molecule has 3 heterocycles. The van der Waals surface area contributed by atoms with E-state index in [2.05, 4.69) is 16.5 Å². The molecule has 0 bridgehead atoms. The minimum Gasteiger partial charge on any atom is -0.338 e. The molecule has 5 nitrogen and oxygen atoms in total. The van der Waals surface area contributed by atoms with Gasteiger partial charge in [0, 0.05) is 32.3 Å². The van der Waals surface area contributed by atoms with E-state index in [1.54, 1.807) is 18.3 Å². The van der Waals surface area contributed by atoms with E-state index < -0.39 is 0 Å². The van der Waals surface area contributed by atoms with Crippen molar-refractivity contribution in [1.82, 2.24) is 19.4 Å². The molecule has 1 fully saturated rings. The molecule has 6 heteroatoms. The van der Waals surface area contributed by atoms with Crippen molar-refractivity contribution in [3.05, 3.63) is 59.0 Å². The van der Waals surface area contributed by atoms with Crippen LogP contribution in [0.4, 0.5) is 0 Å². The summed E-state index contributed by atoms with van der Waals surface area (Å²) >= 11 is 6.18. The molecule has 1 amide bonds. The van der Waals surface area contributed by atoms with E-state index in [-0.39, 0.29) is 5.91 Å². The standard InChI is InChI=1S/C20H21ClN4O/c1-2-25-18(23-17-8-5-10-22-19(17)25)12-14-9-11-24(13-14)20(26)15-6-3-4-7-16(15)21/h3-8,10,14H,2,9,11-13H2,1H3. The number of fused-ring (bicyclic) bond motifs is 1. The van der Waals surface area contributed by atoms with Crippen LogP contribution in [0.25, 0.3) is 11.2 Å². The van der Waals surface area contributed by atoms with Gasteiger partial charge in [-0.25, -0.2) is 9.97 Å². The van der Waals surface area contributed by atoms with Crippen LogP contribution in [-0.4, -0.2) is 38.4 Å². The maximum absolute atomic E-state index is 12.7. The van der Waals surface area contributed by atoms with Crippen LogP contribution in [0, 0.1) is 5.92 Å². The average molecular weight is 369 g/mol. The molecular weight excluding hydrogens is 348 g/mol. The van der Waals surface area contributed by atoms with Crippen LogP contribution in [0.2, 0.25) is 5.02 Å². The predicted molar refractivity (Wildman–Crippen MR) is 102 cm³/mol. The Balaban J connectivity index is 1.50. The number of imidazole rings is 1. The highest BCUT2D eigenvalue weighted by molar-refractivity contribution is 6.33. The Labute approximate surface area is 157 Å². The lowest BCUT2D eigenvalue weighted by Crippen LogP contribution is -2.29. The zero-order valence-electron chi connectivity index (χ0n) is 14.7. The van der Waals surface area contributed by atoms with E-state index in [1.807, 2.05) is 29.2 Å². The Bertz CT molecular complexity index is 952. The largest absolute Gasteiger partial charge is 0.338 e. The summed E-state index contributed by atoms with van der Waals surface area (Å²) in [4.78, 5) is 23.9. The summed E-state index contributed by atoms with van der Waals surface area (Å²) in [5.74, 6) is 1.48. The lowest BCUT2D eigenvalue weighted by molar-refractivity contribution is 0.0787. The van der Waals surface area contributed by atoms with Gasteiger partial charge in [-0.15, -0.1) is 0 Å². The Hall–Kier alpha value is -2.40. The summed E-state index contributed by atoms with van der Waals surface area (Å²) in [7, 11) is 0. The molecule has 1 unspecified atom stereocenters. The van der Waals surface area contributed by atoms with Crippen LogP contribution < -0.4 is 0 Å². The average Bonchev–Trinajstić information content (AvgIpc) is 3.25. The zero-order valence-corrected chi connectivity index (χ0v) is 15.5. The van der Waals surface area contributed by atoms with Crippen molar-refractivity contribution >= 4 is 28.7 Å². The molecule has 1 aliphatic heterocycles. The van der Waals surface area contributed by atoms with Crippen LogP contribution in [-0.2, 0) is 13.0 Å². The van der Waals surface area contributed by atoms with Crippen molar-refractivity contribution in [2.75, 3.05) is 13.1 Å². The summed E-state index contributed by atoms with van der Waals surface area (Å²) in [5.41, 5.74) is 2.46. The van der Waals surface area contributed by atoms with Gasteiger partial charge in [-0.2, -0.15) is 0 Å². The number of carbonyl (C=O) groups excluding carboxylic acids is 1. The minimum atomic E-state index is 0.0174. The zero-order chi connectivity index (χ0) is 18.1. The molecule has 1 aromatic carbocycles. The first-order valence-electron chi connectivity index (χ1n) is 9.01. The van der Waals surface area contributed by atoms with Gasteiger partial charge in [-0.1, -0.05) is 23.7 Å². The molecule has 0 saturated carbocycles. The van der Waals surface area contributed by atoms with Crippen LogP contribution >= 0.6 is 11.6 Å². The molecule has 1 aliphatic rings. The SMILES string of the molecule is CCn1c(CC2CCN(C(=O)c3ccccc3Cl)C2)nc2cccnc21. The molecule has 3 aromatic rings. The maximum atomic E-state index is 12.7. The Morgan fingerprint density at radius 2 is 2.12 bits per heavy atom. The van der Waals surface area contributed by atoms with E-state index >= 15 is 0 Å². The monoisotopic (exact) mass is 368 g/mol. The number of aromatic nitrogens is 3.